The van der Waals surface area contributed by atoms with Crippen molar-refractivity contribution in [3.63, 3.8) is 0 Å². The highest BCUT2D eigenvalue weighted by atomic mass is 32.2. The molecule has 0 bridgehead atoms. The number of benzene rings is 2. The van der Waals surface area contributed by atoms with E-state index in [1.165, 1.54) is 4.31 Å². The summed E-state index contributed by atoms with van der Waals surface area (Å²) in [7, 11) is -2.16. The molecule has 0 spiro atoms. The molecular weight excluding hydrogens is 356 g/mol. The van der Waals surface area contributed by atoms with Crippen LogP contribution in [0.1, 0.15) is 11.1 Å². The molecule has 2 aromatic rings. The van der Waals surface area contributed by atoms with E-state index in [0.717, 1.165) is 11.1 Å². The average Bonchev–Trinajstić information content (AvgIpc) is 2.59. The summed E-state index contributed by atoms with van der Waals surface area (Å²) in [4.78, 5) is 12.9. The smallest absolute Gasteiger partial charge is 0.323 e. The third-order valence-electron chi connectivity index (χ3n) is 4.25. The molecule has 1 heterocycles. The predicted octanol–water partition coefficient (Wildman–Crippen LogP) is 2.06. The summed E-state index contributed by atoms with van der Waals surface area (Å²) in [6, 6.07) is 12.1. The molecule has 0 atom stereocenters. The molecule has 1 aliphatic rings. The molecule has 8 heteroatoms. The number of aryl methyl sites for hydroxylation is 1. The zero-order valence-electron chi connectivity index (χ0n) is 14.5. The second kappa shape index (κ2) is 6.97. The fourth-order valence-corrected chi connectivity index (χ4v) is 4.62. The summed E-state index contributed by atoms with van der Waals surface area (Å²) in [6.45, 7) is 1.66. The second-order valence-electron chi connectivity index (χ2n) is 6.17. The lowest BCUT2D eigenvalue weighted by Gasteiger charge is -2.37. The predicted molar refractivity (Wildman–Crippen MR) is 96.8 cm³/mol. The number of methoxy groups -OCH3 is 1. The van der Waals surface area contributed by atoms with E-state index in [-0.39, 0.29) is 24.7 Å². The summed E-state index contributed by atoms with van der Waals surface area (Å²) >= 11 is 0. The molecule has 0 radical (unpaired) electrons. The monoisotopic (exact) mass is 376 g/mol. The average molecular weight is 376 g/mol. The first-order valence-corrected chi connectivity index (χ1v) is 9.46. The highest BCUT2D eigenvalue weighted by Gasteiger charge is 2.36. The van der Waals surface area contributed by atoms with Crippen molar-refractivity contribution in [1.82, 2.24) is 4.31 Å². The van der Waals surface area contributed by atoms with E-state index < -0.39 is 16.0 Å². The Bertz CT molecular complexity index is 925. The van der Waals surface area contributed by atoms with Crippen molar-refractivity contribution in [2.24, 2.45) is 0 Å². The molecule has 0 saturated carbocycles. The molecule has 3 rings (SSSR count). The number of aliphatic carboxylic acids is 1. The van der Waals surface area contributed by atoms with Gasteiger partial charge in [-0.3, -0.25) is 4.79 Å². The molecular formula is C18H20N2O5S. The van der Waals surface area contributed by atoms with Crippen molar-refractivity contribution >= 4 is 21.7 Å². The zero-order chi connectivity index (χ0) is 18.9. The van der Waals surface area contributed by atoms with Gasteiger partial charge in [-0.1, -0.05) is 18.2 Å². The van der Waals surface area contributed by atoms with Crippen LogP contribution < -0.4 is 9.64 Å². The lowest BCUT2D eigenvalue weighted by atomic mass is 10.2. The van der Waals surface area contributed by atoms with Crippen LogP contribution in [0.5, 0.6) is 5.75 Å². The summed E-state index contributed by atoms with van der Waals surface area (Å²) in [5.41, 5.74) is 2.01. The fraction of sp³-hybridized carbons (Fsp3) is 0.278. The number of carboxylic acids is 1. The maximum Gasteiger partial charge on any atom is 0.323 e. The van der Waals surface area contributed by atoms with Crippen LogP contribution in [0.2, 0.25) is 0 Å². The van der Waals surface area contributed by atoms with Crippen LogP contribution in [-0.4, -0.2) is 44.1 Å². The molecule has 138 valence electrons. The number of hydrogen-bond acceptors (Lipinski definition) is 5. The van der Waals surface area contributed by atoms with Crippen LogP contribution in [0.4, 0.5) is 5.69 Å². The van der Waals surface area contributed by atoms with E-state index in [1.54, 1.807) is 61.4 Å². The normalized spacial score (nSPS) is 16.2. The van der Waals surface area contributed by atoms with E-state index in [2.05, 4.69) is 0 Å². The first-order chi connectivity index (χ1) is 12.3. The van der Waals surface area contributed by atoms with Gasteiger partial charge in [0.1, 0.15) is 17.2 Å². The molecule has 0 fully saturated rings. The van der Waals surface area contributed by atoms with Gasteiger partial charge >= 0.3 is 5.97 Å². The Kier molecular flexibility index (Phi) is 4.88. The van der Waals surface area contributed by atoms with Crippen LogP contribution in [0.3, 0.4) is 0 Å². The van der Waals surface area contributed by atoms with Gasteiger partial charge in [-0.05, 0) is 42.3 Å². The molecule has 0 aromatic heterocycles. The maximum absolute atomic E-state index is 13.0. The van der Waals surface area contributed by atoms with Gasteiger partial charge in [-0.15, -0.1) is 0 Å². The Morgan fingerprint density at radius 1 is 1.19 bits per heavy atom. The first kappa shape index (κ1) is 18.2. The number of hydrogen-bond donors (Lipinski definition) is 1. The number of nitrogens with zero attached hydrogens (tertiary/aromatic N) is 2. The highest BCUT2D eigenvalue weighted by Crippen LogP contribution is 2.34. The largest absolute Gasteiger partial charge is 0.497 e. The van der Waals surface area contributed by atoms with Gasteiger partial charge in [0.05, 0.1) is 19.5 Å². The third kappa shape index (κ3) is 3.51. The Balaban J connectivity index is 1.98. The summed E-state index contributed by atoms with van der Waals surface area (Å²) in [5, 5.41) is 9.19. The number of rotatable bonds is 5. The van der Waals surface area contributed by atoms with Crippen molar-refractivity contribution in [2.75, 3.05) is 25.2 Å². The van der Waals surface area contributed by atoms with Crippen molar-refractivity contribution in [3.8, 4) is 5.75 Å². The summed E-state index contributed by atoms with van der Waals surface area (Å²) < 4.78 is 32.5. The molecule has 0 aliphatic carbocycles. The topological polar surface area (TPSA) is 87.2 Å². The van der Waals surface area contributed by atoms with Gasteiger partial charge in [0, 0.05) is 6.54 Å². The summed E-state index contributed by atoms with van der Waals surface area (Å²) in [5.74, 6) is -0.330. The van der Waals surface area contributed by atoms with Crippen LogP contribution in [0.25, 0.3) is 0 Å². The van der Waals surface area contributed by atoms with Crippen molar-refractivity contribution in [1.29, 1.82) is 0 Å². The molecule has 7 nitrogen and oxygen atoms in total. The number of carboxylic acid groups (broad SMARTS) is 1. The third-order valence-corrected chi connectivity index (χ3v) is 6.05. The van der Waals surface area contributed by atoms with E-state index in [9.17, 15) is 18.3 Å². The standard InChI is InChI=1S/C18H20N2O5S/c1-13-3-8-16-17(9-13)26(23,24)20(12-19(16)11-18(21)22)10-14-4-6-15(25-2)7-5-14/h3-9H,10-12H2,1-2H3,(H,21,22). The Labute approximate surface area is 152 Å². The number of sulfonamides is 1. The van der Waals surface area contributed by atoms with Crippen LogP contribution >= 0.6 is 0 Å². The highest BCUT2D eigenvalue weighted by molar-refractivity contribution is 7.89. The molecule has 1 aliphatic heterocycles. The minimum atomic E-state index is -3.72. The number of ether oxygens (including phenoxy) is 1. The number of fused-ring (bicyclic) bond motifs is 1. The van der Waals surface area contributed by atoms with Crippen molar-refractivity contribution in [2.45, 2.75) is 18.4 Å². The summed E-state index contributed by atoms with van der Waals surface area (Å²) in [6.07, 6.45) is 0. The van der Waals surface area contributed by atoms with Crippen molar-refractivity contribution < 1.29 is 23.1 Å². The fourth-order valence-electron chi connectivity index (χ4n) is 2.94. The van der Waals surface area contributed by atoms with Crippen molar-refractivity contribution in [3.05, 3.63) is 53.6 Å². The number of carbonyl (C=O) groups is 1. The molecule has 0 unspecified atom stereocenters. The SMILES string of the molecule is COc1ccc(CN2CN(CC(=O)O)c3ccc(C)cc3S2(=O)=O)cc1. The Morgan fingerprint density at radius 2 is 1.88 bits per heavy atom. The molecule has 26 heavy (non-hydrogen) atoms. The Morgan fingerprint density at radius 3 is 2.50 bits per heavy atom. The van der Waals surface area contributed by atoms with E-state index in [1.807, 2.05) is 0 Å². The Hall–Kier alpha value is -2.58. The molecule has 1 N–H and O–H groups in total. The maximum atomic E-state index is 13.0. The lowest BCUT2D eigenvalue weighted by molar-refractivity contribution is -0.135. The first-order valence-electron chi connectivity index (χ1n) is 8.02. The van der Waals surface area contributed by atoms with E-state index in [0.29, 0.717) is 11.4 Å². The van der Waals surface area contributed by atoms with E-state index >= 15 is 0 Å². The minimum absolute atomic E-state index is 0.0171. The van der Waals surface area contributed by atoms with Crippen LogP contribution in [0, 0.1) is 6.92 Å². The van der Waals surface area contributed by atoms with E-state index in [4.69, 9.17) is 4.74 Å². The quantitative estimate of drug-likeness (QED) is 0.859. The van der Waals surface area contributed by atoms with Gasteiger partial charge in [0.15, 0.2) is 0 Å². The van der Waals surface area contributed by atoms with Gasteiger partial charge in [-0.2, -0.15) is 4.31 Å². The van der Waals surface area contributed by atoms with Gasteiger partial charge < -0.3 is 14.7 Å². The lowest BCUT2D eigenvalue weighted by Crippen LogP contribution is -2.47. The molecule has 0 amide bonds. The molecule has 0 saturated heterocycles. The second-order valence-corrected chi connectivity index (χ2v) is 8.07. The van der Waals surface area contributed by atoms with Gasteiger partial charge in [0.2, 0.25) is 10.0 Å². The minimum Gasteiger partial charge on any atom is -0.497 e. The van der Waals surface area contributed by atoms with Crippen LogP contribution in [0.15, 0.2) is 47.4 Å². The van der Waals surface area contributed by atoms with Gasteiger partial charge in [0.25, 0.3) is 0 Å². The molecule has 2 aromatic carbocycles. The van der Waals surface area contributed by atoms with Crippen LogP contribution in [-0.2, 0) is 21.4 Å². The zero-order valence-corrected chi connectivity index (χ0v) is 15.4. The van der Waals surface area contributed by atoms with Gasteiger partial charge in [-0.25, -0.2) is 8.42 Å². The number of anilines is 1.